The molecular formula is C10H14O. The fourth-order valence-corrected chi connectivity index (χ4v) is 2.40. The highest BCUT2D eigenvalue weighted by atomic mass is 16.1. The van der Waals surface area contributed by atoms with Crippen molar-refractivity contribution in [3.05, 3.63) is 11.6 Å². The molecule has 1 spiro atoms. The standard InChI is InChI=1S/C10H14O/c11-8-9-4-7-10(9)5-2-1-3-6-10/h4,8H,1-3,5-7H2. The van der Waals surface area contributed by atoms with E-state index in [0.717, 1.165) is 11.9 Å². The van der Waals surface area contributed by atoms with Gasteiger partial charge in [0.25, 0.3) is 0 Å². The Morgan fingerprint density at radius 2 is 2.00 bits per heavy atom. The van der Waals surface area contributed by atoms with Crippen molar-refractivity contribution in [2.45, 2.75) is 38.5 Å². The zero-order valence-corrected chi connectivity index (χ0v) is 6.81. The van der Waals surface area contributed by atoms with Crippen molar-refractivity contribution in [1.29, 1.82) is 0 Å². The average molecular weight is 150 g/mol. The Morgan fingerprint density at radius 1 is 1.27 bits per heavy atom. The van der Waals surface area contributed by atoms with Crippen molar-refractivity contribution < 1.29 is 4.79 Å². The topological polar surface area (TPSA) is 17.1 Å². The van der Waals surface area contributed by atoms with Crippen molar-refractivity contribution in [3.63, 3.8) is 0 Å². The van der Waals surface area contributed by atoms with Crippen LogP contribution in [0.1, 0.15) is 38.5 Å². The minimum Gasteiger partial charge on any atom is -0.298 e. The van der Waals surface area contributed by atoms with Gasteiger partial charge in [-0.05, 0) is 24.8 Å². The zero-order valence-electron chi connectivity index (χ0n) is 6.81. The van der Waals surface area contributed by atoms with Crippen LogP contribution in [0.25, 0.3) is 0 Å². The summed E-state index contributed by atoms with van der Waals surface area (Å²) in [6.07, 6.45) is 10.9. The lowest BCUT2D eigenvalue weighted by Gasteiger charge is -2.42. The van der Waals surface area contributed by atoms with Crippen LogP contribution in [0.3, 0.4) is 0 Å². The summed E-state index contributed by atoms with van der Waals surface area (Å²) in [5, 5.41) is 0. The molecule has 0 amide bonds. The second kappa shape index (κ2) is 2.47. The number of aldehydes is 1. The molecule has 0 saturated heterocycles. The molecule has 0 aliphatic heterocycles. The molecule has 0 aromatic rings. The van der Waals surface area contributed by atoms with Crippen molar-refractivity contribution in [2.75, 3.05) is 0 Å². The van der Waals surface area contributed by atoms with Crippen molar-refractivity contribution >= 4 is 6.29 Å². The Hall–Kier alpha value is -0.590. The van der Waals surface area contributed by atoms with Gasteiger partial charge in [0, 0.05) is 5.41 Å². The third-order valence-electron chi connectivity index (χ3n) is 3.26. The summed E-state index contributed by atoms with van der Waals surface area (Å²) in [5.74, 6) is 0. The second-order valence-electron chi connectivity index (χ2n) is 3.82. The molecule has 2 aliphatic rings. The molecule has 11 heavy (non-hydrogen) atoms. The smallest absolute Gasteiger partial charge is 0.146 e. The summed E-state index contributed by atoms with van der Waals surface area (Å²) >= 11 is 0. The number of rotatable bonds is 1. The molecule has 1 fully saturated rings. The van der Waals surface area contributed by atoms with Gasteiger partial charge < -0.3 is 0 Å². The first-order valence-corrected chi connectivity index (χ1v) is 4.53. The fourth-order valence-electron chi connectivity index (χ4n) is 2.40. The molecule has 1 nitrogen and oxygen atoms in total. The first-order valence-electron chi connectivity index (χ1n) is 4.53. The lowest BCUT2D eigenvalue weighted by Crippen LogP contribution is -2.32. The summed E-state index contributed by atoms with van der Waals surface area (Å²) in [4.78, 5) is 10.6. The molecular weight excluding hydrogens is 136 g/mol. The Morgan fingerprint density at radius 3 is 2.45 bits per heavy atom. The van der Waals surface area contributed by atoms with Gasteiger partial charge in [-0.1, -0.05) is 25.3 Å². The van der Waals surface area contributed by atoms with Crippen LogP contribution in [0.5, 0.6) is 0 Å². The number of hydrogen-bond donors (Lipinski definition) is 0. The van der Waals surface area contributed by atoms with Crippen LogP contribution in [-0.4, -0.2) is 6.29 Å². The molecule has 0 N–H and O–H groups in total. The van der Waals surface area contributed by atoms with Crippen LogP contribution in [0.15, 0.2) is 11.6 Å². The maximum absolute atomic E-state index is 10.6. The average Bonchev–Trinajstić information content (AvgIpc) is 2.05. The van der Waals surface area contributed by atoms with Gasteiger partial charge in [-0.15, -0.1) is 0 Å². The van der Waals surface area contributed by atoms with E-state index < -0.39 is 0 Å². The van der Waals surface area contributed by atoms with E-state index in [0.29, 0.717) is 5.41 Å². The van der Waals surface area contributed by atoms with E-state index in [1.165, 1.54) is 38.5 Å². The van der Waals surface area contributed by atoms with Crippen molar-refractivity contribution in [1.82, 2.24) is 0 Å². The molecule has 0 aromatic heterocycles. The highest BCUT2D eigenvalue weighted by Gasteiger charge is 2.39. The molecule has 0 unspecified atom stereocenters. The van der Waals surface area contributed by atoms with Crippen LogP contribution in [-0.2, 0) is 4.79 Å². The number of carbonyl (C=O) groups excluding carboxylic acids is 1. The minimum absolute atomic E-state index is 0.361. The monoisotopic (exact) mass is 150 g/mol. The summed E-state index contributed by atoms with van der Waals surface area (Å²) in [5.41, 5.74) is 1.46. The Labute approximate surface area is 67.5 Å². The quantitative estimate of drug-likeness (QED) is 0.525. The molecule has 0 heterocycles. The highest BCUT2D eigenvalue weighted by molar-refractivity contribution is 5.78. The molecule has 0 bridgehead atoms. The summed E-state index contributed by atoms with van der Waals surface area (Å²) in [6, 6.07) is 0. The largest absolute Gasteiger partial charge is 0.298 e. The number of hydrogen-bond acceptors (Lipinski definition) is 1. The van der Waals surface area contributed by atoms with Gasteiger partial charge in [-0.3, -0.25) is 4.79 Å². The van der Waals surface area contributed by atoms with Gasteiger partial charge in [0.1, 0.15) is 6.29 Å². The SMILES string of the molecule is O=CC1=CCC12CCCCC2. The first-order chi connectivity index (χ1) is 5.37. The third kappa shape index (κ3) is 0.943. The van der Waals surface area contributed by atoms with Gasteiger partial charge in [0.15, 0.2) is 0 Å². The number of carbonyl (C=O) groups is 1. The summed E-state index contributed by atoms with van der Waals surface area (Å²) in [6.45, 7) is 0. The van der Waals surface area contributed by atoms with E-state index in [4.69, 9.17) is 0 Å². The third-order valence-corrected chi connectivity index (χ3v) is 3.26. The van der Waals surface area contributed by atoms with E-state index in [1.54, 1.807) is 0 Å². The second-order valence-corrected chi connectivity index (χ2v) is 3.82. The van der Waals surface area contributed by atoms with Crippen LogP contribution >= 0.6 is 0 Å². The molecule has 2 rings (SSSR count). The maximum atomic E-state index is 10.6. The van der Waals surface area contributed by atoms with E-state index in [1.807, 2.05) is 0 Å². The van der Waals surface area contributed by atoms with Crippen LogP contribution in [0, 0.1) is 5.41 Å². The molecule has 1 heteroatoms. The lowest BCUT2D eigenvalue weighted by molar-refractivity contribution is -0.106. The van der Waals surface area contributed by atoms with E-state index in [-0.39, 0.29) is 0 Å². The van der Waals surface area contributed by atoms with Gasteiger partial charge in [0.2, 0.25) is 0 Å². The van der Waals surface area contributed by atoms with Gasteiger partial charge >= 0.3 is 0 Å². The highest BCUT2D eigenvalue weighted by Crippen LogP contribution is 2.50. The molecule has 0 atom stereocenters. The van der Waals surface area contributed by atoms with Gasteiger partial charge in [0.05, 0.1) is 0 Å². The van der Waals surface area contributed by atoms with Crippen LogP contribution in [0.2, 0.25) is 0 Å². The van der Waals surface area contributed by atoms with Gasteiger partial charge in [-0.25, -0.2) is 0 Å². The van der Waals surface area contributed by atoms with Crippen LogP contribution in [0.4, 0.5) is 0 Å². The lowest BCUT2D eigenvalue weighted by atomic mass is 9.61. The normalized spacial score (nSPS) is 27.5. The number of allylic oxidation sites excluding steroid dienone is 2. The zero-order chi connectivity index (χ0) is 7.73. The van der Waals surface area contributed by atoms with Crippen molar-refractivity contribution in [2.24, 2.45) is 5.41 Å². The summed E-state index contributed by atoms with van der Waals surface area (Å²) in [7, 11) is 0. The molecule has 0 aromatic carbocycles. The maximum Gasteiger partial charge on any atom is 0.146 e. The van der Waals surface area contributed by atoms with E-state index >= 15 is 0 Å². The predicted molar refractivity (Wildman–Crippen MR) is 44.3 cm³/mol. The van der Waals surface area contributed by atoms with Gasteiger partial charge in [-0.2, -0.15) is 0 Å². The van der Waals surface area contributed by atoms with Crippen molar-refractivity contribution in [3.8, 4) is 0 Å². The minimum atomic E-state index is 0.361. The summed E-state index contributed by atoms with van der Waals surface area (Å²) < 4.78 is 0. The van der Waals surface area contributed by atoms with E-state index in [9.17, 15) is 4.79 Å². The molecule has 1 saturated carbocycles. The molecule has 2 aliphatic carbocycles. The first kappa shape index (κ1) is 7.08. The van der Waals surface area contributed by atoms with E-state index in [2.05, 4.69) is 6.08 Å². The Bertz CT molecular complexity index is 197. The Balaban J connectivity index is 2.11. The predicted octanol–water partition coefficient (Wildman–Crippen LogP) is 2.47. The molecule has 0 radical (unpaired) electrons. The molecule has 60 valence electrons. The van der Waals surface area contributed by atoms with Crippen LogP contribution < -0.4 is 0 Å². The fraction of sp³-hybridized carbons (Fsp3) is 0.700. The Kier molecular flexibility index (Phi) is 1.59.